The van der Waals surface area contributed by atoms with Crippen molar-refractivity contribution in [2.75, 3.05) is 23.3 Å². The van der Waals surface area contributed by atoms with Crippen molar-refractivity contribution in [3.8, 4) is 5.75 Å². The van der Waals surface area contributed by atoms with Crippen molar-refractivity contribution in [3.63, 3.8) is 0 Å². The average Bonchev–Trinajstić information content (AvgIpc) is 3.22. The van der Waals surface area contributed by atoms with Gasteiger partial charge in [0.05, 0.1) is 12.1 Å². The average molecular weight is 455 g/mol. The van der Waals surface area contributed by atoms with Crippen LogP contribution in [-0.4, -0.2) is 30.0 Å². The maximum atomic E-state index is 13.3. The van der Waals surface area contributed by atoms with Crippen molar-refractivity contribution in [1.82, 2.24) is 10.3 Å². The molecule has 0 aliphatic carbocycles. The molecule has 1 saturated heterocycles. The molecule has 0 bridgehead atoms. The predicted octanol–water partition coefficient (Wildman–Crippen LogP) is 4.27. The summed E-state index contributed by atoms with van der Waals surface area (Å²) in [5, 5.41) is 8.08. The van der Waals surface area contributed by atoms with Crippen LogP contribution in [-0.2, 0) is 17.8 Å². The monoisotopic (exact) mass is 454 g/mol. The van der Waals surface area contributed by atoms with Crippen LogP contribution in [0.4, 0.5) is 20.0 Å². The van der Waals surface area contributed by atoms with Crippen LogP contribution in [0.15, 0.2) is 47.8 Å². The zero-order valence-corrected chi connectivity index (χ0v) is 18.4. The summed E-state index contributed by atoms with van der Waals surface area (Å²) in [6.45, 7) is 3.42. The molecule has 2 heterocycles. The van der Waals surface area contributed by atoms with Crippen LogP contribution in [0, 0.1) is 12.7 Å². The molecule has 2 aromatic carbocycles. The van der Waals surface area contributed by atoms with E-state index in [0.29, 0.717) is 35.4 Å². The fourth-order valence-corrected chi connectivity index (χ4v) is 4.18. The zero-order chi connectivity index (χ0) is 22.5. The number of ether oxygens (including phenoxy) is 1. The fraction of sp³-hybridized carbons (Fsp3) is 0.261. The van der Waals surface area contributed by atoms with E-state index in [4.69, 9.17) is 4.74 Å². The first-order valence-corrected chi connectivity index (χ1v) is 11.1. The van der Waals surface area contributed by atoms with E-state index in [1.807, 2.05) is 13.0 Å². The highest BCUT2D eigenvalue weighted by Gasteiger charge is 2.22. The van der Waals surface area contributed by atoms with Crippen molar-refractivity contribution in [1.29, 1.82) is 0 Å². The lowest BCUT2D eigenvalue weighted by Gasteiger charge is -2.24. The van der Waals surface area contributed by atoms with Crippen molar-refractivity contribution >= 4 is 34.1 Å². The molecule has 4 rings (SSSR count). The Hall–Kier alpha value is -3.46. The number of aryl methyl sites for hydroxylation is 1. The molecule has 166 valence electrons. The number of amides is 3. The summed E-state index contributed by atoms with van der Waals surface area (Å²) in [5.41, 5.74) is 2.89. The van der Waals surface area contributed by atoms with Crippen molar-refractivity contribution in [2.45, 2.75) is 26.4 Å². The molecule has 1 aliphatic heterocycles. The summed E-state index contributed by atoms with van der Waals surface area (Å²) in [6.07, 6.45) is 0.978. The van der Waals surface area contributed by atoms with E-state index in [0.717, 1.165) is 17.5 Å². The number of nitrogens with zero attached hydrogens (tertiary/aromatic N) is 2. The van der Waals surface area contributed by atoms with E-state index in [-0.39, 0.29) is 30.8 Å². The van der Waals surface area contributed by atoms with Crippen LogP contribution >= 0.6 is 11.3 Å². The van der Waals surface area contributed by atoms with E-state index in [2.05, 4.69) is 15.6 Å². The molecular weight excluding hydrogens is 431 g/mol. The van der Waals surface area contributed by atoms with Crippen LogP contribution in [0.2, 0.25) is 0 Å². The highest BCUT2D eigenvalue weighted by atomic mass is 32.1. The zero-order valence-electron chi connectivity index (χ0n) is 17.6. The first kappa shape index (κ1) is 21.8. The Labute approximate surface area is 189 Å². The largest absolute Gasteiger partial charge is 0.489 e. The molecule has 1 aliphatic rings. The third-order valence-corrected chi connectivity index (χ3v) is 5.87. The SMILES string of the molecule is Cc1cc(OCc2cccc(F)c2)ccc1NC(=O)Cc1csc(N2CCCNC2=O)n1. The van der Waals surface area contributed by atoms with Gasteiger partial charge in [0, 0.05) is 24.2 Å². The molecule has 0 radical (unpaired) electrons. The number of benzene rings is 2. The minimum absolute atomic E-state index is 0.114. The molecule has 3 amide bonds. The number of urea groups is 1. The van der Waals surface area contributed by atoms with Gasteiger partial charge in [-0.3, -0.25) is 9.69 Å². The lowest BCUT2D eigenvalue weighted by molar-refractivity contribution is -0.115. The molecule has 9 heteroatoms. The molecule has 32 heavy (non-hydrogen) atoms. The fourth-order valence-electron chi connectivity index (χ4n) is 3.33. The number of rotatable bonds is 7. The van der Waals surface area contributed by atoms with Crippen molar-refractivity contribution in [3.05, 3.63) is 70.5 Å². The van der Waals surface area contributed by atoms with E-state index in [1.54, 1.807) is 34.5 Å². The second kappa shape index (κ2) is 9.78. The number of carbonyl (C=O) groups is 2. The van der Waals surface area contributed by atoms with E-state index in [1.165, 1.54) is 23.5 Å². The van der Waals surface area contributed by atoms with Gasteiger partial charge in [0.2, 0.25) is 5.91 Å². The Morgan fingerprint density at radius 3 is 2.97 bits per heavy atom. The Morgan fingerprint density at radius 2 is 2.19 bits per heavy atom. The number of nitrogens with one attached hydrogen (secondary N) is 2. The molecule has 0 unspecified atom stereocenters. The van der Waals surface area contributed by atoms with Crippen LogP contribution in [0.5, 0.6) is 5.75 Å². The highest BCUT2D eigenvalue weighted by Crippen LogP contribution is 2.24. The Morgan fingerprint density at radius 1 is 1.31 bits per heavy atom. The van der Waals surface area contributed by atoms with Gasteiger partial charge < -0.3 is 15.4 Å². The Balaban J connectivity index is 1.33. The number of carbonyl (C=O) groups excluding carboxylic acids is 2. The van der Waals surface area contributed by atoms with Crippen LogP contribution in [0.1, 0.15) is 23.2 Å². The molecule has 0 atom stereocenters. The van der Waals surface area contributed by atoms with Crippen LogP contribution < -0.4 is 20.3 Å². The van der Waals surface area contributed by atoms with Gasteiger partial charge in [-0.1, -0.05) is 12.1 Å². The van der Waals surface area contributed by atoms with Gasteiger partial charge in [-0.05, 0) is 54.8 Å². The van der Waals surface area contributed by atoms with Crippen molar-refractivity contribution in [2.24, 2.45) is 0 Å². The van der Waals surface area contributed by atoms with Gasteiger partial charge in [0.1, 0.15) is 18.2 Å². The molecule has 2 N–H and O–H groups in total. The molecule has 0 spiro atoms. The molecule has 7 nitrogen and oxygen atoms in total. The summed E-state index contributed by atoms with van der Waals surface area (Å²) >= 11 is 1.35. The van der Waals surface area contributed by atoms with Gasteiger partial charge in [-0.2, -0.15) is 0 Å². The van der Waals surface area contributed by atoms with Crippen LogP contribution in [0.3, 0.4) is 0 Å². The van der Waals surface area contributed by atoms with Gasteiger partial charge in [0.15, 0.2) is 5.13 Å². The number of thiazole rings is 1. The quantitative estimate of drug-likeness (QED) is 0.559. The maximum absolute atomic E-state index is 13.3. The molecular formula is C23H23FN4O3S. The second-order valence-corrected chi connectivity index (χ2v) is 8.32. The number of halogens is 1. The summed E-state index contributed by atoms with van der Waals surface area (Å²) in [4.78, 5) is 30.5. The molecule has 1 aromatic heterocycles. The van der Waals surface area contributed by atoms with Crippen molar-refractivity contribution < 1.29 is 18.7 Å². The van der Waals surface area contributed by atoms with E-state index < -0.39 is 0 Å². The third kappa shape index (κ3) is 5.42. The summed E-state index contributed by atoms with van der Waals surface area (Å²) in [6, 6.07) is 11.5. The lowest BCUT2D eigenvalue weighted by atomic mass is 10.2. The topological polar surface area (TPSA) is 83.6 Å². The van der Waals surface area contributed by atoms with Gasteiger partial charge in [0.25, 0.3) is 0 Å². The summed E-state index contributed by atoms with van der Waals surface area (Å²) in [5.74, 6) is 0.141. The number of hydrogen-bond acceptors (Lipinski definition) is 5. The van der Waals surface area contributed by atoms with Gasteiger partial charge in [-0.25, -0.2) is 14.2 Å². The highest BCUT2D eigenvalue weighted by molar-refractivity contribution is 7.14. The normalized spacial score (nSPS) is 13.6. The predicted molar refractivity (Wildman–Crippen MR) is 122 cm³/mol. The third-order valence-electron chi connectivity index (χ3n) is 4.96. The number of anilines is 2. The van der Waals surface area contributed by atoms with E-state index >= 15 is 0 Å². The van der Waals surface area contributed by atoms with Crippen LogP contribution in [0.25, 0.3) is 0 Å². The maximum Gasteiger partial charge on any atom is 0.323 e. The molecule has 0 saturated carbocycles. The smallest absolute Gasteiger partial charge is 0.323 e. The number of hydrogen-bond donors (Lipinski definition) is 2. The standard InChI is InChI=1S/C23H23FN4O3S/c1-15-10-19(31-13-16-4-2-5-17(24)11-16)6-7-20(15)27-21(29)12-18-14-32-23(26-18)28-9-3-8-25-22(28)30/h2,4-7,10-11,14H,3,8-9,12-13H2,1H3,(H,25,30)(H,27,29). The molecule has 1 fully saturated rings. The molecule has 3 aromatic rings. The minimum Gasteiger partial charge on any atom is -0.489 e. The minimum atomic E-state index is -0.299. The Bertz CT molecular complexity index is 1130. The first-order chi connectivity index (χ1) is 15.5. The second-order valence-electron chi connectivity index (χ2n) is 7.48. The lowest BCUT2D eigenvalue weighted by Crippen LogP contribution is -2.46. The van der Waals surface area contributed by atoms with Gasteiger partial charge in [-0.15, -0.1) is 11.3 Å². The first-order valence-electron chi connectivity index (χ1n) is 10.3. The van der Waals surface area contributed by atoms with E-state index in [9.17, 15) is 14.0 Å². The number of aromatic nitrogens is 1. The van der Waals surface area contributed by atoms with Gasteiger partial charge >= 0.3 is 6.03 Å². The Kier molecular flexibility index (Phi) is 6.65. The summed E-state index contributed by atoms with van der Waals surface area (Å²) in [7, 11) is 0. The summed E-state index contributed by atoms with van der Waals surface area (Å²) < 4.78 is 19.0.